The summed E-state index contributed by atoms with van der Waals surface area (Å²) in [4.78, 5) is 22.0. The van der Waals surface area contributed by atoms with E-state index in [1.807, 2.05) is 0 Å². The summed E-state index contributed by atoms with van der Waals surface area (Å²) >= 11 is 0. The van der Waals surface area contributed by atoms with E-state index in [9.17, 15) is 20.1 Å². The first-order valence-electron chi connectivity index (χ1n) is 6.74. The first kappa shape index (κ1) is 15.4. The van der Waals surface area contributed by atoms with Gasteiger partial charge in [-0.05, 0) is 0 Å². The van der Waals surface area contributed by atoms with Crippen LogP contribution in [-0.4, -0.2) is 59.3 Å². The zero-order chi connectivity index (χ0) is 16.8. The second kappa shape index (κ2) is 5.32. The Kier molecular flexibility index (Phi) is 3.57. The fourth-order valence-electron chi connectivity index (χ4n) is 2.70. The molecule has 23 heavy (non-hydrogen) atoms. The van der Waals surface area contributed by atoms with Crippen molar-refractivity contribution in [3.05, 3.63) is 16.7 Å². The highest BCUT2D eigenvalue weighted by atomic mass is 16.6. The van der Waals surface area contributed by atoms with E-state index in [1.54, 1.807) is 0 Å². The number of aromatic amines is 1. The van der Waals surface area contributed by atoms with Crippen molar-refractivity contribution in [3.8, 4) is 12.3 Å². The highest BCUT2D eigenvalue weighted by Gasteiger charge is 2.54. The predicted octanol–water partition coefficient (Wildman–Crippen LogP) is -2.29. The lowest BCUT2D eigenvalue weighted by Crippen LogP contribution is -2.46. The summed E-state index contributed by atoms with van der Waals surface area (Å²) in [7, 11) is 0. The topological polar surface area (TPSA) is 160 Å². The number of nitrogens with one attached hydrogen (secondary N) is 1. The number of terminal acetylenes is 1. The molecule has 10 nitrogen and oxygen atoms in total. The Labute approximate surface area is 129 Å². The largest absolute Gasteiger partial charge is 0.393 e. The summed E-state index contributed by atoms with van der Waals surface area (Å²) in [5.41, 5.74) is 3.54. The minimum absolute atomic E-state index is 0.00272. The van der Waals surface area contributed by atoms with Crippen LogP contribution in [0.1, 0.15) is 12.6 Å². The van der Waals surface area contributed by atoms with E-state index >= 15 is 0 Å². The first-order chi connectivity index (χ1) is 10.9. The molecule has 2 aromatic rings. The zero-order valence-electron chi connectivity index (χ0n) is 11.9. The number of hydrogen-bond donors (Lipinski definition) is 5. The van der Waals surface area contributed by atoms with Crippen LogP contribution >= 0.6 is 0 Å². The Bertz CT molecular complexity index is 839. The van der Waals surface area contributed by atoms with E-state index in [-0.39, 0.29) is 23.5 Å². The predicted molar refractivity (Wildman–Crippen MR) is 78.0 cm³/mol. The molecule has 10 heteroatoms. The Balaban J connectivity index is 2.10. The molecule has 1 saturated heterocycles. The molecule has 4 atom stereocenters. The Morgan fingerprint density at radius 3 is 2.96 bits per heavy atom. The van der Waals surface area contributed by atoms with Crippen LogP contribution < -0.4 is 11.3 Å². The summed E-state index contributed by atoms with van der Waals surface area (Å²) in [6.45, 7) is -0.589. The number of fused-ring (bicyclic) bond motifs is 1. The quantitative estimate of drug-likeness (QED) is 0.395. The maximum atomic E-state index is 11.8. The van der Waals surface area contributed by atoms with Crippen molar-refractivity contribution in [2.75, 3.05) is 12.3 Å². The summed E-state index contributed by atoms with van der Waals surface area (Å²) in [5, 5.41) is 30.0. The van der Waals surface area contributed by atoms with Crippen LogP contribution in [0.15, 0.2) is 11.1 Å². The molecule has 0 radical (unpaired) electrons. The number of ether oxygens (including phenoxy) is 1. The van der Waals surface area contributed by atoms with E-state index in [2.05, 4.69) is 20.9 Å². The van der Waals surface area contributed by atoms with Gasteiger partial charge in [0.2, 0.25) is 5.95 Å². The SMILES string of the molecule is C#CC[C@]1(CO)O[C@@H](n2cnc3c(=O)[nH]c(N)nc32)C(O)C1O. The van der Waals surface area contributed by atoms with Gasteiger partial charge in [-0.15, -0.1) is 12.3 Å². The Hall–Kier alpha value is -2.45. The lowest BCUT2D eigenvalue weighted by Gasteiger charge is -2.27. The third-order valence-electron chi connectivity index (χ3n) is 3.90. The number of nitrogen functional groups attached to an aromatic ring is 1. The number of imidazole rings is 1. The molecule has 3 heterocycles. The molecule has 3 rings (SSSR count). The first-order valence-corrected chi connectivity index (χ1v) is 6.74. The van der Waals surface area contributed by atoms with Crippen LogP contribution in [0.2, 0.25) is 0 Å². The molecule has 0 amide bonds. The number of nitrogens with zero attached hydrogens (tertiary/aromatic N) is 3. The number of nitrogens with two attached hydrogens (primary N) is 1. The van der Waals surface area contributed by atoms with Gasteiger partial charge in [0.15, 0.2) is 17.4 Å². The van der Waals surface area contributed by atoms with Crippen molar-refractivity contribution in [2.45, 2.75) is 30.5 Å². The minimum atomic E-state index is -1.51. The molecule has 6 N–H and O–H groups in total. The van der Waals surface area contributed by atoms with Gasteiger partial charge in [0, 0.05) is 6.42 Å². The highest BCUT2D eigenvalue weighted by Crippen LogP contribution is 2.39. The van der Waals surface area contributed by atoms with Crippen LogP contribution in [0.4, 0.5) is 5.95 Å². The molecular formula is C13H15N5O5. The highest BCUT2D eigenvalue weighted by molar-refractivity contribution is 5.70. The van der Waals surface area contributed by atoms with Crippen LogP contribution in [0, 0.1) is 12.3 Å². The summed E-state index contributed by atoms with van der Waals surface area (Å²) in [5.74, 6) is 2.17. The van der Waals surface area contributed by atoms with Gasteiger partial charge in [-0.2, -0.15) is 4.98 Å². The summed E-state index contributed by atoms with van der Waals surface area (Å²) in [6, 6.07) is 0. The van der Waals surface area contributed by atoms with Crippen molar-refractivity contribution in [2.24, 2.45) is 0 Å². The van der Waals surface area contributed by atoms with Crippen molar-refractivity contribution >= 4 is 17.1 Å². The molecule has 0 aromatic carbocycles. The van der Waals surface area contributed by atoms with Crippen molar-refractivity contribution in [1.82, 2.24) is 19.5 Å². The van der Waals surface area contributed by atoms with Gasteiger partial charge in [0.25, 0.3) is 5.56 Å². The van der Waals surface area contributed by atoms with E-state index in [1.165, 1.54) is 10.9 Å². The molecule has 1 aliphatic rings. The van der Waals surface area contributed by atoms with Gasteiger partial charge in [0.05, 0.1) is 12.9 Å². The van der Waals surface area contributed by atoms with Crippen molar-refractivity contribution < 1.29 is 20.1 Å². The van der Waals surface area contributed by atoms with Crippen LogP contribution in [-0.2, 0) is 4.74 Å². The van der Waals surface area contributed by atoms with Crippen molar-refractivity contribution in [3.63, 3.8) is 0 Å². The lowest BCUT2D eigenvalue weighted by molar-refractivity contribution is -0.124. The molecule has 2 unspecified atom stereocenters. The van der Waals surface area contributed by atoms with Gasteiger partial charge in [-0.3, -0.25) is 14.3 Å². The number of anilines is 1. The average molecular weight is 321 g/mol. The third-order valence-corrected chi connectivity index (χ3v) is 3.90. The summed E-state index contributed by atoms with van der Waals surface area (Å²) < 4.78 is 6.90. The van der Waals surface area contributed by atoms with E-state index in [0.29, 0.717) is 0 Å². The van der Waals surface area contributed by atoms with E-state index in [0.717, 1.165) is 0 Å². The number of aliphatic hydroxyl groups excluding tert-OH is 3. The maximum Gasteiger partial charge on any atom is 0.280 e. The van der Waals surface area contributed by atoms with E-state index < -0.39 is 36.2 Å². The molecule has 0 saturated carbocycles. The molecule has 0 bridgehead atoms. The molecule has 0 aliphatic carbocycles. The zero-order valence-corrected chi connectivity index (χ0v) is 11.9. The second-order valence-corrected chi connectivity index (χ2v) is 5.32. The van der Waals surface area contributed by atoms with Crippen LogP contribution in [0.25, 0.3) is 11.2 Å². The molecule has 1 fully saturated rings. The van der Waals surface area contributed by atoms with E-state index in [4.69, 9.17) is 16.9 Å². The fraction of sp³-hybridized carbons (Fsp3) is 0.462. The van der Waals surface area contributed by atoms with Crippen LogP contribution in [0.5, 0.6) is 0 Å². The van der Waals surface area contributed by atoms with Gasteiger partial charge in [0.1, 0.15) is 17.8 Å². The summed E-state index contributed by atoms with van der Waals surface area (Å²) in [6.07, 6.45) is 2.40. The fourth-order valence-corrected chi connectivity index (χ4v) is 2.70. The number of aromatic nitrogens is 4. The van der Waals surface area contributed by atoms with Crippen LogP contribution in [0.3, 0.4) is 0 Å². The molecule has 122 valence electrons. The molecule has 2 aromatic heterocycles. The van der Waals surface area contributed by atoms with Gasteiger partial charge >= 0.3 is 0 Å². The standard InChI is InChI=1S/C13H15N5O5/c1-2-3-13(4-19)8(21)7(20)11(23-13)18-5-15-6-9(18)16-12(14)17-10(6)22/h1,5,7-8,11,19-21H,3-4H2,(H3,14,16,17,22)/t7?,8?,11-,13-/m1/s1. The van der Waals surface area contributed by atoms with Gasteiger partial charge in [-0.25, -0.2) is 4.98 Å². The number of aliphatic hydroxyl groups is 3. The average Bonchev–Trinajstić information content (AvgIpc) is 3.03. The van der Waals surface area contributed by atoms with Gasteiger partial charge < -0.3 is 25.8 Å². The normalized spacial score (nSPS) is 30.6. The maximum absolute atomic E-state index is 11.8. The van der Waals surface area contributed by atoms with Crippen molar-refractivity contribution in [1.29, 1.82) is 0 Å². The monoisotopic (exact) mass is 321 g/mol. The number of hydrogen-bond acceptors (Lipinski definition) is 8. The third kappa shape index (κ3) is 2.18. The molecule has 0 spiro atoms. The Morgan fingerprint density at radius 1 is 1.57 bits per heavy atom. The minimum Gasteiger partial charge on any atom is -0.393 e. The number of rotatable bonds is 3. The molecule has 1 aliphatic heterocycles. The number of H-pyrrole nitrogens is 1. The Morgan fingerprint density at radius 2 is 2.30 bits per heavy atom. The molecular weight excluding hydrogens is 306 g/mol. The smallest absolute Gasteiger partial charge is 0.280 e. The second-order valence-electron chi connectivity index (χ2n) is 5.32. The lowest BCUT2D eigenvalue weighted by atomic mass is 9.93. The van der Waals surface area contributed by atoms with Gasteiger partial charge in [-0.1, -0.05) is 0 Å².